The van der Waals surface area contributed by atoms with E-state index in [2.05, 4.69) is 0 Å². The van der Waals surface area contributed by atoms with Gasteiger partial charge in [0.25, 0.3) is 0 Å². The Bertz CT molecular complexity index is 12.9. The van der Waals surface area contributed by atoms with E-state index in [1.54, 1.807) is 0 Å². The minimum atomic E-state index is 0. The van der Waals surface area contributed by atoms with Gasteiger partial charge in [0.15, 0.2) is 0 Å². The van der Waals surface area contributed by atoms with E-state index in [1.165, 1.54) is 0 Å². The van der Waals surface area contributed by atoms with E-state index in [0.29, 0.717) is 0 Å². The predicted octanol–water partition coefficient (Wildman–Crippen LogP) is -0.730. The van der Waals surface area contributed by atoms with Crippen molar-refractivity contribution in [1.82, 2.24) is 0 Å². The predicted molar refractivity (Wildman–Crippen MR) is 4.12 cm³/mol. The smallest absolute Gasteiger partial charge is 0 e. The molecule has 0 atom stereocenters. The quantitative estimate of drug-likeness (QED) is 0.299. The van der Waals surface area contributed by atoms with Crippen molar-refractivity contribution >= 4 is 0 Å². The zero-order valence-corrected chi connectivity index (χ0v) is 25.8. The molecule has 0 N–H and O–H groups in total. The van der Waals surface area contributed by atoms with Crippen LogP contribution in [-0.4, -0.2) is 0 Å². The first-order valence-corrected chi connectivity index (χ1v) is 0. The standard InChI is InChI=1S/6O.7W/q6*-2;;;;;;;. The summed E-state index contributed by atoms with van der Waals surface area (Å²) in [7, 11) is 0. The van der Waals surface area contributed by atoms with Crippen LogP contribution in [0, 0.1) is 0 Å². The minimum Gasteiger partial charge on any atom is -2.00 e. The summed E-state index contributed by atoms with van der Waals surface area (Å²) in [5, 5.41) is 0. The van der Waals surface area contributed by atoms with Gasteiger partial charge in [0, 0.05) is 147 Å². The summed E-state index contributed by atoms with van der Waals surface area (Å²) in [6.45, 7) is 0. The Hall–Kier alpha value is 4.58. The average Bonchev–Trinajstić information content (AvgIpc) is 0. The molecular formula is O6W7-12. The summed E-state index contributed by atoms with van der Waals surface area (Å²) in [6, 6.07) is 0. The Labute approximate surface area is 177 Å². The fourth-order valence-electron chi connectivity index (χ4n) is 0. The third-order valence-electron chi connectivity index (χ3n) is 0. The van der Waals surface area contributed by atoms with Gasteiger partial charge in [0.05, 0.1) is 0 Å². The molecule has 0 spiro atoms. The second-order valence-corrected chi connectivity index (χ2v) is 0. The molecule has 90 valence electrons. The molecular weight excluding hydrogens is 1380 g/mol. The van der Waals surface area contributed by atoms with Crippen LogP contribution in [0.4, 0.5) is 0 Å². The van der Waals surface area contributed by atoms with Crippen molar-refractivity contribution in [2.24, 2.45) is 0 Å². The van der Waals surface area contributed by atoms with Crippen molar-refractivity contribution in [3.8, 4) is 0 Å². The van der Waals surface area contributed by atoms with E-state index in [9.17, 15) is 0 Å². The maximum Gasteiger partial charge on any atom is 0 e. The second kappa shape index (κ2) is 192. The van der Waals surface area contributed by atoms with Crippen LogP contribution in [0.2, 0.25) is 0 Å². The van der Waals surface area contributed by atoms with Crippen molar-refractivity contribution in [2.75, 3.05) is 0 Å². The van der Waals surface area contributed by atoms with E-state index >= 15 is 0 Å². The van der Waals surface area contributed by atoms with Crippen LogP contribution in [0.15, 0.2) is 0 Å². The first-order chi connectivity index (χ1) is 0. The van der Waals surface area contributed by atoms with Gasteiger partial charge in [-0.3, -0.25) is 0 Å². The average molecular weight is 1380 g/mol. The Balaban J connectivity index is 0. The van der Waals surface area contributed by atoms with Crippen LogP contribution in [0.1, 0.15) is 0 Å². The summed E-state index contributed by atoms with van der Waals surface area (Å²) in [6.07, 6.45) is 0. The van der Waals surface area contributed by atoms with Crippen molar-refractivity contribution in [1.29, 1.82) is 0 Å². The molecule has 0 fully saturated rings. The molecule has 13 heteroatoms. The topological polar surface area (TPSA) is 171 Å². The molecule has 6 nitrogen and oxygen atoms in total. The maximum absolute atomic E-state index is 0. The molecule has 0 saturated carbocycles. The molecule has 0 aromatic heterocycles. The molecule has 0 unspecified atom stereocenters. The first kappa shape index (κ1) is 230. The number of hydrogen-bond acceptors (Lipinski definition) is 0. The van der Waals surface area contributed by atoms with Gasteiger partial charge >= 0.3 is 0 Å². The van der Waals surface area contributed by atoms with E-state index in [0.717, 1.165) is 0 Å². The maximum atomic E-state index is 0. The molecule has 0 aliphatic heterocycles. The monoisotopic (exact) mass is 1380 g/mol. The fourth-order valence-corrected chi connectivity index (χ4v) is 0. The second-order valence-electron chi connectivity index (χ2n) is 0. The summed E-state index contributed by atoms with van der Waals surface area (Å²) in [5.74, 6) is 0. The van der Waals surface area contributed by atoms with Crippen LogP contribution in [0.25, 0.3) is 0 Å². The van der Waals surface area contributed by atoms with Crippen molar-refractivity contribution in [2.45, 2.75) is 0 Å². The van der Waals surface area contributed by atoms with E-state index in [-0.39, 0.29) is 180 Å². The molecule has 0 aromatic rings. The summed E-state index contributed by atoms with van der Waals surface area (Å²) < 4.78 is 0. The molecule has 0 aliphatic carbocycles. The van der Waals surface area contributed by atoms with Gasteiger partial charge in [-0.2, -0.15) is 0 Å². The van der Waals surface area contributed by atoms with Crippen LogP contribution >= 0.6 is 0 Å². The molecule has 0 saturated heterocycles. The summed E-state index contributed by atoms with van der Waals surface area (Å²) >= 11 is 0. The van der Waals surface area contributed by atoms with Gasteiger partial charge in [-0.25, -0.2) is 0 Å². The van der Waals surface area contributed by atoms with E-state index < -0.39 is 0 Å². The number of rotatable bonds is 0. The van der Waals surface area contributed by atoms with Crippen molar-refractivity contribution < 1.29 is 180 Å². The zero-order valence-electron chi connectivity index (χ0n) is 5.31. The molecule has 0 aliphatic rings. The normalized spacial score (nSPS) is 0. The summed E-state index contributed by atoms with van der Waals surface area (Å²) in [4.78, 5) is 0. The van der Waals surface area contributed by atoms with E-state index in [1.807, 2.05) is 0 Å². The molecule has 0 aromatic carbocycles. The number of hydrogen-bond donors (Lipinski definition) is 0. The van der Waals surface area contributed by atoms with Gasteiger partial charge in [-0.15, -0.1) is 0 Å². The third-order valence-corrected chi connectivity index (χ3v) is 0. The summed E-state index contributed by atoms with van der Waals surface area (Å²) in [5.41, 5.74) is 0. The van der Waals surface area contributed by atoms with Gasteiger partial charge in [-0.05, 0) is 0 Å². The van der Waals surface area contributed by atoms with Crippen LogP contribution in [0.3, 0.4) is 0 Å². The Kier molecular flexibility index (Phi) is 3400. The molecule has 0 bridgehead atoms. The van der Waals surface area contributed by atoms with Crippen LogP contribution in [0.5, 0.6) is 0 Å². The van der Waals surface area contributed by atoms with Crippen LogP contribution < -0.4 is 0 Å². The molecule has 0 amide bonds. The Morgan fingerprint density at radius 2 is 0.154 bits per heavy atom. The van der Waals surface area contributed by atoms with Gasteiger partial charge in [0.1, 0.15) is 0 Å². The van der Waals surface area contributed by atoms with Crippen molar-refractivity contribution in [3.63, 3.8) is 0 Å². The van der Waals surface area contributed by atoms with Gasteiger partial charge < -0.3 is 32.9 Å². The first-order valence-electron chi connectivity index (χ1n) is 0. The minimum absolute atomic E-state index is 0. The molecule has 0 heterocycles. The zero-order chi connectivity index (χ0) is 0. The van der Waals surface area contributed by atoms with Crippen molar-refractivity contribution in [3.05, 3.63) is 0 Å². The molecule has 0 radical (unpaired) electrons. The Morgan fingerprint density at radius 3 is 0.154 bits per heavy atom. The third kappa shape index (κ3) is 168. The molecule has 13 heavy (non-hydrogen) atoms. The Morgan fingerprint density at radius 1 is 0.154 bits per heavy atom. The van der Waals surface area contributed by atoms with E-state index in [4.69, 9.17) is 0 Å². The van der Waals surface area contributed by atoms with Gasteiger partial charge in [-0.1, -0.05) is 0 Å². The fraction of sp³-hybridized carbons (Fsp3) is 0. The van der Waals surface area contributed by atoms with Gasteiger partial charge in [0.2, 0.25) is 0 Å². The molecule has 0 rings (SSSR count). The largest absolute Gasteiger partial charge is 2.00 e. The SMILES string of the molecule is [O-2].[O-2].[O-2].[O-2].[O-2].[O-2].[W].[W].[W].[W].[W].[W].[W]. The van der Waals surface area contributed by atoms with Crippen LogP contribution in [-0.2, 0) is 180 Å².